The Morgan fingerprint density at radius 1 is 0.692 bits per heavy atom. The van der Waals surface area contributed by atoms with Crippen molar-refractivity contribution in [3.63, 3.8) is 0 Å². The maximum absolute atomic E-state index is 9.41. The molecule has 0 aliphatic carbocycles. The van der Waals surface area contributed by atoms with Crippen molar-refractivity contribution < 1.29 is 47.1 Å². The largest absolute Gasteiger partial charge is 3.00 e. The quantitative estimate of drug-likeness (QED) is 0.289. The van der Waals surface area contributed by atoms with E-state index >= 15 is 0 Å². The first-order valence-electron chi connectivity index (χ1n) is 7.65. The zero-order valence-corrected chi connectivity index (χ0v) is 19.5. The van der Waals surface area contributed by atoms with Crippen LogP contribution in [0, 0.1) is 0 Å². The summed E-state index contributed by atoms with van der Waals surface area (Å²) in [7, 11) is -7.80. The van der Waals surface area contributed by atoms with Gasteiger partial charge in [0.25, 0.3) is 0 Å². The van der Waals surface area contributed by atoms with Gasteiger partial charge in [0.1, 0.15) is 0 Å². The Hall–Kier alpha value is 0.552. The van der Waals surface area contributed by atoms with Crippen LogP contribution in [-0.4, -0.2) is 48.9 Å². The normalized spacial score (nSPS) is 10.4. The summed E-state index contributed by atoms with van der Waals surface area (Å²) in [6.45, 7) is 8.08. The van der Waals surface area contributed by atoms with E-state index in [9.17, 15) is 28.4 Å². The number of aliphatic hydroxyl groups is 1. The molecular formula is C12H29AlO10P3+3. The van der Waals surface area contributed by atoms with Gasteiger partial charge in [0, 0.05) is 6.61 Å². The topological polar surface area (TPSA) is 168 Å². The molecule has 0 saturated carbocycles. The second kappa shape index (κ2) is 36.5. The molecule has 0 fully saturated rings. The van der Waals surface area contributed by atoms with Gasteiger partial charge < -0.3 is 19.8 Å². The summed E-state index contributed by atoms with van der Waals surface area (Å²) in [4.78, 5) is 28.2. The second-order valence-corrected chi connectivity index (χ2v) is 5.82. The van der Waals surface area contributed by atoms with Gasteiger partial charge in [0.15, 0.2) is 0 Å². The number of rotatable bonds is 10. The van der Waals surface area contributed by atoms with E-state index in [1.165, 1.54) is 19.3 Å². The second-order valence-electron chi connectivity index (χ2n) is 3.71. The van der Waals surface area contributed by atoms with E-state index in [1.807, 2.05) is 0 Å². The summed E-state index contributed by atoms with van der Waals surface area (Å²) in [6.07, 6.45) is 4.68. The van der Waals surface area contributed by atoms with Gasteiger partial charge in [0.05, 0.1) is 19.8 Å². The molecule has 0 bridgehead atoms. The Bertz CT molecular complexity index is 269. The van der Waals surface area contributed by atoms with E-state index in [4.69, 9.17) is 5.11 Å². The van der Waals surface area contributed by atoms with Gasteiger partial charge in [0.2, 0.25) is 0 Å². The molecule has 1 N–H and O–H groups in total. The van der Waals surface area contributed by atoms with Gasteiger partial charge in [-0.05, 0) is 40.9 Å². The Labute approximate surface area is 169 Å². The average Bonchev–Trinajstić information content (AvgIpc) is 2.49. The van der Waals surface area contributed by atoms with Crippen molar-refractivity contribution in [3.05, 3.63) is 0 Å². The molecule has 0 saturated heterocycles. The molecule has 3 atom stereocenters. The summed E-state index contributed by atoms with van der Waals surface area (Å²) in [5.74, 6) is 0. The molecule has 0 rings (SSSR count). The summed E-state index contributed by atoms with van der Waals surface area (Å²) in [5, 5.41) is 8.29. The van der Waals surface area contributed by atoms with Crippen molar-refractivity contribution >= 4 is 42.1 Å². The van der Waals surface area contributed by atoms with Crippen LogP contribution in [0.15, 0.2) is 0 Å². The smallest absolute Gasteiger partial charge is 0.566 e. The fourth-order valence-electron chi connectivity index (χ4n) is 0.855. The van der Waals surface area contributed by atoms with Gasteiger partial charge in [-0.2, -0.15) is 0 Å². The van der Waals surface area contributed by atoms with Crippen molar-refractivity contribution in [3.8, 4) is 0 Å². The van der Waals surface area contributed by atoms with Crippen LogP contribution in [0.5, 0.6) is 0 Å². The minimum Gasteiger partial charge on any atom is -0.566 e. The van der Waals surface area contributed by atoms with Gasteiger partial charge >= 0.3 is 42.1 Å². The van der Waals surface area contributed by atoms with Crippen molar-refractivity contribution in [1.82, 2.24) is 0 Å². The SMILES string of the molecule is CCCCCCO.CCO[P+](=O)[O-].CCO[P+](=O)[O-].CCO[P+](=O)[O-].[Al+3]. The van der Waals surface area contributed by atoms with E-state index in [-0.39, 0.29) is 37.2 Å². The van der Waals surface area contributed by atoms with Crippen LogP contribution in [0.4, 0.5) is 0 Å². The predicted molar refractivity (Wildman–Crippen MR) is 94.7 cm³/mol. The van der Waals surface area contributed by atoms with Gasteiger partial charge in [-0.15, -0.1) is 13.6 Å². The first-order valence-corrected chi connectivity index (χ1v) is 10.9. The van der Waals surface area contributed by atoms with Crippen molar-refractivity contribution in [2.45, 2.75) is 53.4 Å². The fraction of sp³-hybridized carbons (Fsp3) is 1.00. The Morgan fingerprint density at radius 2 is 1.00 bits per heavy atom. The minimum atomic E-state index is -2.60. The zero-order valence-electron chi connectivity index (χ0n) is 15.7. The van der Waals surface area contributed by atoms with E-state index in [1.54, 1.807) is 20.8 Å². The molecule has 26 heavy (non-hydrogen) atoms. The maximum Gasteiger partial charge on any atom is 3.00 e. The third-order valence-electron chi connectivity index (χ3n) is 1.72. The predicted octanol–water partition coefficient (Wildman–Crippen LogP) is 1.30. The Balaban J connectivity index is -0.0000000746. The standard InChI is InChI=1S/C6H14O.3C2H5O3P.Al/c1-2-3-4-5-6-7;3*1-2-5-6(3)4;/h7H,2-6H2,1H3;3*2H2,1H3;/q;;;;+3. The van der Waals surface area contributed by atoms with Crippen LogP contribution in [0.25, 0.3) is 0 Å². The van der Waals surface area contributed by atoms with Crippen LogP contribution in [0.2, 0.25) is 0 Å². The fourth-order valence-corrected chi connectivity index (χ4v) is 1.49. The average molecular weight is 453 g/mol. The van der Waals surface area contributed by atoms with Crippen LogP contribution in [0.3, 0.4) is 0 Å². The maximum atomic E-state index is 9.41. The first-order chi connectivity index (χ1) is 11.7. The molecular weight excluding hydrogens is 424 g/mol. The summed E-state index contributed by atoms with van der Waals surface area (Å²) >= 11 is 0. The van der Waals surface area contributed by atoms with Crippen LogP contribution in [0.1, 0.15) is 53.4 Å². The molecule has 0 spiro atoms. The Kier molecular flexibility index (Phi) is 52.3. The van der Waals surface area contributed by atoms with Gasteiger partial charge in [-0.3, -0.25) is 0 Å². The number of hydrogen-bond donors (Lipinski definition) is 1. The van der Waals surface area contributed by atoms with E-state index in [0.717, 1.165) is 6.42 Å². The molecule has 0 amide bonds. The molecule has 0 heterocycles. The summed E-state index contributed by atoms with van der Waals surface area (Å²) in [6, 6.07) is 0. The molecule has 152 valence electrons. The number of unbranched alkanes of at least 4 members (excludes halogenated alkanes) is 3. The number of hydrogen-bond acceptors (Lipinski definition) is 10. The third-order valence-corrected chi connectivity index (χ3v) is 3.12. The van der Waals surface area contributed by atoms with Gasteiger partial charge in [-0.25, -0.2) is 0 Å². The van der Waals surface area contributed by atoms with Crippen molar-refractivity contribution in [2.75, 3.05) is 26.4 Å². The molecule has 0 aliphatic rings. The third kappa shape index (κ3) is 74.2. The first kappa shape index (κ1) is 37.3. The molecule has 0 aromatic heterocycles. The summed E-state index contributed by atoms with van der Waals surface area (Å²) < 4.78 is 40.2. The van der Waals surface area contributed by atoms with E-state index in [2.05, 4.69) is 20.5 Å². The molecule has 0 aromatic carbocycles. The molecule has 3 unspecified atom stereocenters. The van der Waals surface area contributed by atoms with E-state index in [0.29, 0.717) is 6.61 Å². The zero-order chi connectivity index (χ0) is 20.5. The van der Waals surface area contributed by atoms with E-state index < -0.39 is 24.8 Å². The van der Waals surface area contributed by atoms with Gasteiger partial charge in [-0.1, -0.05) is 26.2 Å². The van der Waals surface area contributed by atoms with Crippen molar-refractivity contribution in [1.29, 1.82) is 0 Å². The molecule has 14 heteroatoms. The van der Waals surface area contributed by atoms with Crippen LogP contribution in [-0.2, 0) is 27.3 Å². The molecule has 0 aromatic rings. The monoisotopic (exact) mass is 453 g/mol. The molecule has 10 nitrogen and oxygen atoms in total. The molecule has 0 aliphatic heterocycles. The summed E-state index contributed by atoms with van der Waals surface area (Å²) in [5.41, 5.74) is 0. The van der Waals surface area contributed by atoms with Crippen LogP contribution < -0.4 is 14.7 Å². The Morgan fingerprint density at radius 3 is 1.12 bits per heavy atom. The minimum absolute atomic E-state index is 0. The number of aliphatic hydroxyl groups excluding tert-OH is 1. The van der Waals surface area contributed by atoms with Crippen molar-refractivity contribution in [2.24, 2.45) is 0 Å². The van der Waals surface area contributed by atoms with Crippen LogP contribution >= 0.6 is 24.8 Å². The molecule has 0 radical (unpaired) electrons.